The Morgan fingerprint density at radius 1 is 1.19 bits per heavy atom. The summed E-state index contributed by atoms with van der Waals surface area (Å²) in [6, 6.07) is 15.2. The highest BCUT2D eigenvalue weighted by Gasteiger charge is 2.19. The SMILES string of the molecule is C[C@H](Oc1ccccc1F)C(=O)Nc1nnc([S@@](=O)Cc2ccccc2)s1. The van der Waals surface area contributed by atoms with Gasteiger partial charge in [0.2, 0.25) is 9.47 Å². The third-order valence-corrected chi connectivity index (χ3v) is 5.99. The van der Waals surface area contributed by atoms with Crippen molar-refractivity contribution in [2.75, 3.05) is 5.32 Å². The van der Waals surface area contributed by atoms with E-state index in [9.17, 15) is 13.4 Å². The molecular formula is C18H16FN3O3S2. The van der Waals surface area contributed by atoms with Crippen LogP contribution in [0, 0.1) is 5.82 Å². The van der Waals surface area contributed by atoms with E-state index in [0.29, 0.717) is 10.1 Å². The van der Waals surface area contributed by atoms with Gasteiger partial charge in [-0.2, -0.15) is 0 Å². The number of anilines is 1. The molecule has 9 heteroatoms. The van der Waals surface area contributed by atoms with Crippen LogP contribution in [0.25, 0.3) is 0 Å². The molecule has 1 N–H and O–H groups in total. The van der Waals surface area contributed by atoms with Crippen LogP contribution in [0.3, 0.4) is 0 Å². The number of para-hydroxylation sites is 1. The van der Waals surface area contributed by atoms with E-state index in [1.165, 1.54) is 25.1 Å². The van der Waals surface area contributed by atoms with E-state index in [2.05, 4.69) is 15.5 Å². The molecule has 0 fully saturated rings. The van der Waals surface area contributed by atoms with Crippen molar-refractivity contribution in [1.82, 2.24) is 10.2 Å². The zero-order chi connectivity index (χ0) is 19.2. The zero-order valence-electron chi connectivity index (χ0n) is 14.3. The maximum atomic E-state index is 13.6. The van der Waals surface area contributed by atoms with Crippen LogP contribution in [-0.4, -0.2) is 26.4 Å². The summed E-state index contributed by atoms with van der Waals surface area (Å²) in [4.78, 5) is 12.2. The van der Waals surface area contributed by atoms with Gasteiger partial charge in [-0.3, -0.25) is 14.3 Å². The van der Waals surface area contributed by atoms with E-state index < -0.39 is 28.6 Å². The molecule has 6 nitrogen and oxygen atoms in total. The van der Waals surface area contributed by atoms with Crippen molar-refractivity contribution in [1.29, 1.82) is 0 Å². The highest BCUT2D eigenvalue weighted by molar-refractivity contribution is 7.86. The summed E-state index contributed by atoms with van der Waals surface area (Å²) in [5.41, 5.74) is 0.920. The highest BCUT2D eigenvalue weighted by atomic mass is 32.2. The molecule has 0 saturated heterocycles. The normalized spacial score (nSPS) is 13.0. The van der Waals surface area contributed by atoms with Crippen molar-refractivity contribution >= 4 is 33.2 Å². The number of hydrogen-bond acceptors (Lipinski definition) is 6. The van der Waals surface area contributed by atoms with Crippen molar-refractivity contribution in [3.05, 3.63) is 66.0 Å². The Hall–Kier alpha value is -2.65. The second-order valence-electron chi connectivity index (χ2n) is 5.53. The van der Waals surface area contributed by atoms with Crippen LogP contribution in [0.4, 0.5) is 9.52 Å². The Labute approximate surface area is 161 Å². The summed E-state index contributed by atoms with van der Waals surface area (Å²) in [6.07, 6.45) is -0.941. The number of nitrogens with zero attached hydrogens (tertiary/aromatic N) is 2. The number of rotatable bonds is 7. The smallest absolute Gasteiger partial charge is 0.266 e. The number of nitrogens with one attached hydrogen (secondary N) is 1. The van der Waals surface area contributed by atoms with Gasteiger partial charge in [0, 0.05) is 0 Å². The fraction of sp³-hybridized carbons (Fsp3) is 0.167. The van der Waals surface area contributed by atoms with Crippen molar-refractivity contribution in [3.63, 3.8) is 0 Å². The van der Waals surface area contributed by atoms with Gasteiger partial charge >= 0.3 is 0 Å². The number of halogens is 1. The average molecular weight is 405 g/mol. The second kappa shape index (κ2) is 8.83. The Balaban J connectivity index is 1.59. The molecule has 0 saturated carbocycles. The quantitative estimate of drug-likeness (QED) is 0.610. The summed E-state index contributed by atoms with van der Waals surface area (Å²) >= 11 is 1.03. The minimum Gasteiger partial charge on any atom is -0.478 e. The summed E-state index contributed by atoms with van der Waals surface area (Å²) < 4.78 is 31.6. The molecular weight excluding hydrogens is 389 g/mol. The monoisotopic (exact) mass is 405 g/mol. The average Bonchev–Trinajstić information content (AvgIpc) is 3.13. The van der Waals surface area contributed by atoms with Gasteiger partial charge in [-0.05, 0) is 24.6 Å². The number of amides is 1. The maximum Gasteiger partial charge on any atom is 0.266 e. The van der Waals surface area contributed by atoms with Crippen molar-refractivity contribution in [3.8, 4) is 5.75 Å². The predicted octanol–water partition coefficient (Wildman–Crippen LogP) is 3.39. The molecule has 2 aromatic carbocycles. The molecule has 1 aromatic heterocycles. The molecule has 0 radical (unpaired) electrons. The number of carbonyl (C=O) groups excluding carboxylic acids is 1. The van der Waals surface area contributed by atoms with E-state index in [0.717, 1.165) is 16.9 Å². The molecule has 0 spiro atoms. The minimum atomic E-state index is -1.36. The predicted molar refractivity (Wildman–Crippen MR) is 102 cm³/mol. The lowest BCUT2D eigenvalue weighted by Crippen LogP contribution is -2.30. The molecule has 27 heavy (non-hydrogen) atoms. The van der Waals surface area contributed by atoms with Gasteiger partial charge < -0.3 is 4.74 Å². The van der Waals surface area contributed by atoms with E-state index in [1.54, 1.807) is 6.07 Å². The number of aromatic nitrogens is 2. The van der Waals surface area contributed by atoms with Crippen molar-refractivity contribution in [2.45, 2.75) is 23.1 Å². The molecule has 2 atom stereocenters. The molecule has 1 amide bonds. The van der Waals surface area contributed by atoms with Crippen LogP contribution >= 0.6 is 11.3 Å². The third-order valence-electron chi connectivity index (χ3n) is 3.48. The molecule has 3 aromatic rings. The van der Waals surface area contributed by atoms with Crippen LogP contribution in [0.5, 0.6) is 5.75 Å². The van der Waals surface area contributed by atoms with Crippen LogP contribution in [0.15, 0.2) is 58.9 Å². The van der Waals surface area contributed by atoms with Gasteiger partial charge in [0.25, 0.3) is 5.91 Å². The minimum absolute atomic E-state index is 0.0120. The van der Waals surface area contributed by atoms with Crippen LogP contribution < -0.4 is 10.1 Å². The van der Waals surface area contributed by atoms with E-state index in [4.69, 9.17) is 4.74 Å². The lowest BCUT2D eigenvalue weighted by molar-refractivity contribution is -0.122. The molecule has 0 aliphatic rings. The first-order chi connectivity index (χ1) is 13.0. The first-order valence-corrected chi connectivity index (χ1v) is 10.1. The molecule has 3 rings (SSSR count). The van der Waals surface area contributed by atoms with E-state index in [1.807, 2.05) is 30.3 Å². The van der Waals surface area contributed by atoms with Gasteiger partial charge in [0.15, 0.2) is 17.7 Å². The number of hydrogen-bond donors (Lipinski definition) is 1. The van der Waals surface area contributed by atoms with Gasteiger partial charge in [-0.1, -0.05) is 53.8 Å². The molecule has 0 aliphatic carbocycles. The zero-order valence-corrected chi connectivity index (χ0v) is 15.9. The maximum absolute atomic E-state index is 13.6. The Morgan fingerprint density at radius 2 is 1.89 bits per heavy atom. The van der Waals surface area contributed by atoms with Crippen molar-refractivity contribution in [2.24, 2.45) is 0 Å². The molecule has 1 heterocycles. The van der Waals surface area contributed by atoms with Gasteiger partial charge in [-0.15, -0.1) is 10.2 Å². The van der Waals surface area contributed by atoms with Gasteiger partial charge in [0.1, 0.15) is 0 Å². The number of carbonyl (C=O) groups is 1. The Kier molecular flexibility index (Phi) is 6.25. The first-order valence-electron chi connectivity index (χ1n) is 8.01. The summed E-state index contributed by atoms with van der Waals surface area (Å²) in [6.45, 7) is 1.50. The number of ether oxygens (including phenoxy) is 1. The topological polar surface area (TPSA) is 81.2 Å². The van der Waals surface area contributed by atoms with Crippen LogP contribution in [-0.2, 0) is 21.3 Å². The fourth-order valence-electron chi connectivity index (χ4n) is 2.13. The van der Waals surface area contributed by atoms with E-state index in [-0.39, 0.29) is 10.9 Å². The summed E-state index contributed by atoms with van der Waals surface area (Å²) in [5, 5.41) is 10.5. The molecule has 140 valence electrons. The Morgan fingerprint density at radius 3 is 2.63 bits per heavy atom. The highest BCUT2D eigenvalue weighted by Crippen LogP contribution is 2.22. The third kappa shape index (κ3) is 5.18. The summed E-state index contributed by atoms with van der Waals surface area (Å²) in [7, 11) is -1.36. The van der Waals surface area contributed by atoms with Gasteiger partial charge in [-0.25, -0.2) is 4.39 Å². The molecule has 0 unspecified atom stereocenters. The summed E-state index contributed by atoms with van der Waals surface area (Å²) in [5.74, 6) is -0.750. The Bertz CT molecular complexity index is 950. The van der Waals surface area contributed by atoms with Crippen LogP contribution in [0.1, 0.15) is 12.5 Å². The lowest BCUT2D eigenvalue weighted by atomic mass is 10.2. The lowest BCUT2D eigenvalue weighted by Gasteiger charge is -2.13. The first kappa shape index (κ1) is 19.1. The van der Waals surface area contributed by atoms with Crippen LogP contribution in [0.2, 0.25) is 0 Å². The molecule has 0 aliphatic heterocycles. The second-order valence-corrected chi connectivity index (χ2v) is 8.13. The van der Waals surface area contributed by atoms with Crippen molar-refractivity contribution < 1.29 is 18.1 Å². The van der Waals surface area contributed by atoms with Gasteiger partial charge in [0.05, 0.1) is 16.6 Å². The van der Waals surface area contributed by atoms with E-state index >= 15 is 0 Å². The fourth-order valence-corrected chi connectivity index (χ4v) is 4.15. The standard InChI is InChI=1S/C18H16FN3O3S2/c1-12(25-15-10-6-5-9-14(15)19)16(23)20-17-21-22-18(26-17)27(24)11-13-7-3-2-4-8-13/h2-10,12H,11H2,1H3,(H,20,21,23)/t12-,27-/m0/s1. The number of benzene rings is 2. The largest absolute Gasteiger partial charge is 0.478 e. The molecule has 0 bridgehead atoms.